The SMILES string of the molecule is Cc1cn[nH]c1C1CCCN(C(=O)CCc2nc3ccccc3[nH]2)C1. The normalized spacial score (nSPS) is 18.0. The van der Waals surface area contributed by atoms with E-state index < -0.39 is 0 Å². The molecule has 0 spiro atoms. The topological polar surface area (TPSA) is 77.7 Å². The summed E-state index contributed by atoms with van der Waals surface area (Å²) < 4.78 is 0. The van der Waals surface area contributed by atoms with E-state index in [-0.39, 0.29) is 5.91 Å². The number of hydrogen-bond acceptors (Lipinski definition) is 3. The zero-order valence-electron chi connectivity index (χ0n) is 14.5. The molecule has 0 bridgehead atoms. The highest BCUT2D eigenvalue weighted by molar-refractivity contribution is 5.77. The van der Waals surface area contributed by atoms with Crippen molar-refractivity contribution in [1.82, 2.24) is 25.1 Å². The van der Waals surface area contributed by atoms with E-state index in [1.54, 1.807) is 0 Å². The molecular weight excluding hydrogens is 314 g/mol. The van der Waals surface area contributed by atoms with Gasteiger partial charge in [-0.1, -0.05) is 12.1 Å². The number of imidazole rings is 1. The number of benzene rings is 1. The Morgan fingerprint density at radius 3 is 3.04 bits per heavy atom. The first-order valence-corrected chi connectivity index (χ1v) is 8.92. The summed E-state index contributed by atoms with van der Waals surface area (Å²) in [5, 5.41) is 7.23. The Hall–Kier alpha value is -2.63. The summed E-state index contributed by atoms with van der Waals surface area (Å²) in [5.41, 5.74) is 4.34. The van der Waals surface area contributed by atoms with Gasteiger partial charge in [-0.2, -0.15) is 5.10 Å². The molecule has 6 nitrogen and oxygen atoms in total. The molecule has 130 valence electrons. The van der Waals surface area contributed by atoms with Crippen molar-refractivity contribution in [3.05, 3.63) is 47.5 Å². The number of rotatable bonds is 4. The molecule has 1 saturated heterocycles. The van der Waals surface area contributed by atoms with Gasteiger partial charge in [-0.25, -0.2) is 4.98 Å². The molecule has 2 aromatic heterocycles. The minimum Gasteiger partial charge on any atom is -0.342 e. The maximum Gasteiger partial charge on any atom is 0.223 e. The number of carbonyl (C=O) groups excluding carboxylic acids is 1. The molecule has 2 N–H and O–H groups in total. The maximum absolute atomic E-state index is 12.6. The highest BCUT2D eigenvalue weighted by Crippen LogP contribution is 2.27. The summed E-state index contributed by atoms with van der Waals surface area (Å²) in [6.07, 6.45) is 5.15. The molecule has 1 atom stereocenters. The van der Waals surface area contributed by atoms with Crippen LogP contribution in [0.15, 0.2) is 30.5 Å². The van der Waals surface area contributed by atoms with Gasteiger partial charge in [0.2, 0.25) is 5.91 Å². The second-order valence-electron chi connectivity index (χ2n) is 6.85. The van der Waals surface area contributed by atoms with Crippen LogP contribution in [-0.4, -0.2) is 44.1 Å². The molecule has 1 aliphatic heterocycles. The monoisotopic (exact) mass is 337 g/mol. The van der Waals surface area contributed by atoms with Crippen LogP contribution in [0.25, 0.3) is 11.0 Å². The number of likely N-dealkylation sites (tertiary alicyclic amines) is 1. The third-order valence-electron chi connectivity index (χ3n) is 5.06. The van der Waals surface area contributed by atoms with Gasteiger partial charge in [0.05, 0.1) is 17.2 Å². The lowest BCUT2D eigenvalue weighted by Crippen LogP contribution is -2.39. The predicted molar refractivity (Wildman–Crippen MR) is 96.3 cm³/mol. The van der Waals surface area contributed by atoms with E-state index in [1.807, 2.05) is 35.4 Å². The van der Waals surface area contributed by atoms with Crippen LogP contribution in [0.1, 0.15) is 42.3 Å². The van der Waals surface area contributed by atoms with Gasteiger partial charge >= 0.3 is 0 Å². The van der Waals surface area contributed by atoms with Crippen LogP contribution in [0.3, 0.4) is 0 Å². The molecule has 6 heteroatoms. The number of fused-ring (bicyclic) bond motifs is 1. The standard InChI is InChI=1S/C19H23N5O/c1-13-11-20-23-19(13)14-5-4-10-24(12-14)18(25)9-8-17-21-15-6-2-3-7-16(15)22-17/h2-3,6-7,11,14H,4-5,8-10,12H2,1H3,(H,20,23)(H,21,22). The van der Waals surface area contributed by atoms with Crippen LogP contribution in [0.2, 0.25) is 0 Å². The molecule has 1 fully saturated rings. The Kier molecular flexibility index (Phi) is 4.26. The van der Waals surface area contributed by atoms with Crippen LogP contribution in [0.5, 0.6) is 0 Å². The van der Waals surface area contributed by atoms with E-state index in [0.29, 0.717) is 18.8 Å². The Bertz CT molecular complexity index is 848. The number of aryl methyl sites for hydroxylation is 2. The predicted octanol–water partition coefficient (Wildman–Crippen LogP) is 2.93. The van der Waals surface area contributed by atoms with Crippen molar-refractivity contribution < 1.29 is 4.79 Å². The van der Waals surface area contributed by atoms with Gasteiger partial charge in [-0.3, -0.25) is 9.89 Å². The lowest BCUT2D eigenvalue weighted by Gasteiger charge is -2.32. The number of aromatic nitrogens is 4. The number of aromatic amines is 2. The first-order chi connectivity index (χ1) is 12.2. The molecule has 3 aromatic rings. The largest absolute Gasteiger partial charge is 0.342 e. The van der Waals surface area contributed by atoms with E-state index >= 15 is 0 Å². The van der Waals surface area contributed by atoms with E-state index in [2.05, 4.69) is 27.1 Å². The molecule has 3 heterocycles. The van der Waals surface area contributed by atoms with E-state index in [1.165, 1.54) is 11.3 Å². The van der Waals surface area contributed by atoms with Gasteiger partial charge in [0, 0.05) is 37.5 Å². The fourth-order valence-electron chi connectivity index (χ4n) is 3.72. The Balaban J connectivity index is 1.38. The average molecular weight is 337 g/mol. The number of carbonyl (C=O) groups is 1. The van der Waals surface area contributed by atoms with Gasteiger partial charge in [0.1, 0.15) is 5.82 Å². The fraction of sp³-hybridized carbons (Fsp3) is 0.421. The molecule has 1 amide bonds. The third kappa shape index (κ3) is 3.29. The van der Waals surface area contributed by atoms with Crippen LogP contribution in [-0.2, 0) is 11.2 Å². The van der Waals surface area contributed by atoms with Crippen molar-refractivity contribution in [3.63, 3.8) is 0 Å². The number of hydrogen-bond donors (Lipinski definition) is 2. The number of para-hydroxylation sites is 2. The smallest absolute Gasteiger partial charge is 0.223 e. The van der Waals surface area contributed by atoms with Crippen LogP contribution >= 0.6 is 0 Å². The average Bonchev–Trinajstić information content (AvgIpc) is 3.25. The van der Waals surface area contributed by atoms with Gasteiger partial charge in [-0.15, -0.1) is 0 Å². The van der Waals surface area contributed by atoms with Crippen molar-refractivity contribution in [1.29, 1.82) is 0 Å². The quantitative estimate of drug-likeness (QED) is 0.768. The number of nitrogens with one attached hydrogen (secondary N) is 2. The van der Waals surface area contributed by atoms with E-state index in [0.717, 1.165) is 42.8 Å². The van der Waals surface area contributed by atoms with Crippen molar-refractivity contribution in [2.24, 2.45) is 0 Å². The number of piperidine rings is 1. The summed E-state index contributed by atoms with van der Waals surface area (Å²) >= 11 is 0. The molecule has 1 unspecified atom stereocenters. The second kappa shape index (κ2) is 6.70. The van der Waals surface area contributed by atoms with Gasteiger partial charge < -0.3 is 9.88 Å². The molecular formula is C19H23N5O. The van der Waals surface area contributed by atoms with Gasteiger partial charge in [-0.05, 0) is 37.5 Å². The summed E-state index contributed by atoms with van der Waals surface area (Å²) in [5.74, 6) is 1.46. The Morgan fingerprint density at radius 2 is 2.24 bits per heavy atom. The molecule has 25 heavy (non-hydrogen) atoms. The molecule has 4 rings (SSSR count). The van der Waals surface area contributed by atoms with Crippen LogP contribution in [0.4, 0.5) is 0 Å². The first-order valence-electron chi connectivity index (χ1n) is 8.92. The zero-order valence-corrected chi connectivity index (χ0v) is 14.5. The van der Waals surface area contributed by atoms with Crippen molar-refractivity contribution in [3.8, 4) is 0 Å². The Morgan fingerprint density at radius 1 is 1.36 bits per heavy atom. The minimum atomic E-state index is 0.210. The minimum absolute atomic E-state index is 0.210. The van der Waals surface area contributed by atoms with E-state index in [9.17, 15) is 4.79 Å². The van der Waals surface area contributed by atoms with Gasteiger partial charge in [0.25, 0.3) is 0 Å². The van der Waals surface area contributed by atoms with Crippen molar-refractivity contribution in [2.75, 3.05) is 13.1 Å². The Labute approximate surface area is 146 Å². The van der Waals surface area contributed by atoms with Crippen molar-refractivity contribution in [2.45, 2.75) is 38.5 Å². The summed E-state index contributed by atoms with van der Waals surface area (Å²) in [7, 11) is 0. The van der Waals surface area contributed by atoms with Crippen LogP contribution in [0, 0.1) is 6.92 Å². The lowest BCUT2D eigenvalue weighted by atomic mass is 9.92. The highest BCUT2D eigenvalue weighted by atomic mass is 16.2. The highest BCUT2D eigenvalue weighted by Gasteiger charge is 2.26. The lowest BCUT2D eigenvalue weighted by molar-refractivity contribution is -0.132. The maximum atomic E-state index is 12.6. The number of H-pyrrole nitrogens is 2. The van der Waals surface area contributed by atoms with E-state index in [4.69, 9.17) is 0 Å². The molecule has 1 aromatic carbocycles. The molecule has 1 aliphatic rings. The summed E-state index contributed by atoms with van der Waals surface area (Å²) in [6, 6.07) is 7.96. The van der Waals surface area contributed by atoms with Crippen molar-refractivity contribution >= 4 is 16.9 Å². The molecule has 0 saturated carbocycles. The first kappa shape index (κ1) is 15.9. The third-order valence-corrected chi connectivity index (χ3v) is 5.06. The summed E-state index contributed by atoms with van der Waals surface area (Å²) in [4.78, 5) is 22.5. The molecule has 0 radical (unpaired) electrons. The zero-order chi connectivity index (χ0) is 17.2. The number of amides is 1. The molecule has 0 aliphatic carbocycles. The van der Waals surface area contributed by atoms with Crippen LogP contribution < -0.4 is 0 Å². The fourth-order valence-corrected chi connectivity index (χ4v) is 3.72. The second-order valence-corrected chi connectivity index (χ2v) is 6.85. The number of nitrogens with zero attached hydrogens (tertiary/aromatic N) is 3. The summed E-state index contributed by atoms with van der Waals surface area (Å²) in [6.45, 7) is 3.70. The van der Waals surface area contributed by atoms with Gasteiger partial charge in [0.15, 0.2) is 0 Å².